The summed E-state index contributed by atoms with van der Waals surface area (Å²) in [5.74, 6) is 0.503. The zero-order chi connectivity index (χ0) is 10.6. The van der Waals surface area contributed by atoms with E-state index in [1.807, 2.05) is 6.92 Å². The lowest BCUT2D eigenvalue weighted by atomic mass is 10.3. The second-order valence-electron chi connectivity index (χ2n) is 2.72. The number of ether oxygens (including phenoxy) is 2. The Morgan fingerprint density at radius 1 is 1.43 bits per heavy atom. The molecule has 14 heavy (non-hydrogen) atoms. The molecule has 0 saturated heterocycles. The predicted molar refractivity (Wildman–Crippen MR) is 49.0 cm³/mol. The van der Waals surface area contributed by atoms with Gasteiger partial charge in [-0.15, -0.1) is 0 Å². The fourth-order valence-electron chi connectivity index (χ4n) is 0.984. The van der Waals surface area contributed by atoms with Crippen LogP contribution in [0.3, 0.4) is 0 Å². The molecule has 0 aliphatic carbocycles. The SMILES string of the molecule is COC(=O)Cc1nc(C)cc(OC)n1. The minimum absolute atomic E-state index is 0.0640. The van der Waals surface area contributed by atoms with E-state index in [9.17, 15) is 4.79 Å². The Bertz CT molecular complexity index is 339. The van der Waals surface area contributed by atoms with E-state index in [1.165, 1.54) is 14.2 Å². The summed E-state index contributed by atoms with van der Waals surface area (Å²) in [7, 11) is 2.85. The molecule has 0 aromatic carbocycles. The zero-order valence-corrected chi connectivity index (χ0v) is 8.40. The monoisotopic (exact) mass is 196 g/mol. The number of esters is 1. The molecular formula is C9H12N2O3. The Hall–Kier alpha value is -1.65. The van der Waals surface area contributed by atoms with E-state index < -0.39 is 0 Å². The van der Waals surface area contributed by atoms with Gasteiger partial charge in [0.2, 0.25) is 5.88 Å². The number of nitrogens with zero attached hydrogens (tertiary/aromatic N) is 2. The molecule has 0 saturated carbocycles. The van der Waals surface area contributed by atoms with Crippen LogP contribution in [0.5, 0.6) is 5.88 Å². The van der Waals surface area contributed by atoms with Crippen LogP contribution in [-0.4, -0.2) is 30.2 Å². The van der Waals surface area contributed by atoms with Crippen LogP contribution in [0.2, 0.25) is 0 Å². The standard InChI is InChI=1S/C9H12N2O3/c1-6-4-8(13-2)11-7(10-6)5-9(12)14-3/h4H,5H2,1-3H3. The lowest BCUT2D eigenvalue weighted by Gasteiger charge is -2.03. The number of hydrogen-bond donors (Lipinski definition) is 0. The van der Waals surface area contributed by atoms with Crippen molar-refractivity contribution in [3.63, 3.8) is 0 Å². The molecule has 1 heterocycles. The van der Waals surface area contributed by atoms with Gasteiger partial charge in [-0.2, -0.15) is 4.98 Å². The number of aromatic nitrogens is 2. The van der Waals surface area contributed by atoms with Crippen LogP contribution in [-0.2, 0) is 16.0 Å². The Morgan fingerprint density at radius 3 is 2.71 bits per heavy atom. The molecular weight excluding hydrogens is 184 g/mol. The summed E-state index contributed by atoms with van der Waals surface area (Å²) in [5.41, 5.74) is 0.760. The van der Waals surface area contributed by atoms with Crippen LogP contribution in [0.4, 0.5) is 0 Å². The molecule has 0 radical (unpaired) electrons. The summed E-state index contributed by atoms with van der Waals surface area (Å²) >= 11 is 0. The minimum Gasteiger partial charge on any atom is -0.481 e. The molecule has 1 aromatic rings. The van der Waals surface area contributed by atoms with Gasteiger partial charge < -0.3 is 9.47 Å². The van der Waals surface area contributed by atoms with E-state index >= 15 is 0 Å². The van der Waals surface area contributed by atoms with Crippen molar-refractivity contribution < 1.29 is 14.3 Å². The van der Waals surface area contributed by atoms with Crippen LogP contribution in [0.25, 0.3) is 0 Å². The second-order valence-corrected chi connectivity index (χ2v) is 2.72. The molecule has 0 fully saturated rings. The van der Waals surface area contributed by atoms with E-state index in [-0.39, 0.29) is 12.4 Å². The van der Waals surface area contributed by atoms with Crippen LogP contribution >= 0.6 is 0 Å². The average molecular weight is 196 g/mol. The van der Waals surface area contributed by atoms with E-state index in [0.717, 1.165) is 5.69 Å². The zero-order valence-electron chi connectivity index (χ0n) is 8.40. The third-order valence-electron chi connectivity index (χ3n) is 1.62. The van der Waals surface area contributed by atoms with Gasteiger partial charge in [0.15, 0.2) is 0 Å². The highest BCUT2D eigenvalue weighted by atomic mass is 16.5. The first-order valence-corrected chi connectivity index (χ1v) is 4.11. The number of methoxy groups -OCH3 is 2. The molecule has 5 nitrogen and oxygen atoms in total. The van der Waals surface area contributed by atoms with Crippen molar-refractivity contribution >= 4 is 5.97 Å². The maximum absolute atomic E-state index is 10.9. The van der Waals surface area contributed by atoms with Crippen molar-refractivity contribution in [3.8, 4) is 5.88 Å². The van der Waals surface area contributed by atoms with Crippen molar-refractivity contribution in [3.05, 3.63) is 17.6 Å². The highest BCUT2D eigenvalue weighted by Crippen LogP contribution is 2.08. The van der Waals surface area contributed by atoms with E-state index in [4.69, 9.17) is 4.74 Å². The molecule has 0 atom stereocenters. The van der Waals surface area contributed by atoms with Gasteiger partial charge in [-0.3, -0.25) is 4.79 Å². The maximum atomic E-state index is 10.9. The van der Waals surface area contributed by atoms with Crippen molar-refractivity contribution in [2.75, 3.05) is 14.2 Å². The highest BCUT2D eigenvalue weighted by molar-refractivity contribution is 5.71. The Kier molecular flexibility index (Phi) is 3.39. The van der Waals surface area contributed by atoms with Crippen molar-refractivity contribution in [2.45, 2.75) is 13.3 Å². The van der Waals surface area contributed by atoms with Crippen molar-refractivity contribution in [1.82, 2.24) is 9.97 Å². The van der Waals surface area contributed by atoms with Gasteiger partial charge in [-0.05, 0) is 6.92 Å². The largest absolute Gasteiger partial charge is 0.481 e. The fourth-order valence-corrected chi connectivity index (χ4v) is 0.984. The third-order valence-corrected chi connectivity index (χ3v) is 1.62. The van der Waals surface area contributed by atoms with Gasteiger partial charge in [-0.1, -0.05) is 0 Å². The summed E-state index contributed by atoms with van der Waals surface area (Å²) in [5, 5.41) is 0. The normalized spacial score (nSPS) is 9.64. The van der Waals surface area contributed by atoms with E-state index in [1.54, 1.807) is 6.07 Å². The van der Waals surface area contributed by atoms with Crippen LogP contribution in [0.1, 0.15) is 11.5 Å². The quantitative estimate of drug-likeness (QED) is 0.659. The van der Waals surface area contributed by atoms with Crippen LogP contribution in [0, 0.1) is 6.92 Å². The lowest BCUT2D eigenvalue weighted by molar-refractivity contribution is -0.139. The first kappa shape index (κ1) is 10.4. The number of rotatable bonds is 3. The minimum atomic E-state index is -0.363. The predicted octanol–water partition coefficient (Wildman–Crippen LogP) is 0.509. The van der Waals surface area contributed by atoms with Crippen LogP contribution < -0.4 is 4.74 Å². The molecule has 1 aromatic heterocycles. The van der Waals surface area contributed by atoms with Crippen LogP contribution in [0.15, 0.2) is 6.07 Å². The topological polar surface area (TPSA) is 61.3 Å². The lowest BCUT2D eigenvalue weighted by Crippen LogP contribution is -2.09. The van der Waals surface area contributed by atoms with Crippen molar-refractivity contribution in [1.29, 1.82) is 0 Å². The second kappa shape index (κ2) is 4.55. The van der Waals surface area contributed by atoms with Gasteiger partial charge >= 0.3 is 5.97 Å². The average Bonchev–Trinajstić information content (AvgIpc) is 2.16. The first-order valence-electron chi connectivity index (χ1n) is 4.11. The molecule has 0 unspecified atom stereocenters. The van der Waals surface area contributed by atoms with Gasteiger partial charge in [0.1, 0.15) is 12.2 Å². The molecule has 0 amide bonds. The van der Waals surface area contributed by atoms with Gasteiger partial charge in [0.05, 0.1) is 14.2 Å². The number of carbonyl (C=O) groups is 1. The number of aryl methyl sites for hydroxylation is 1. The Labute approximate surface area is 82.1 Å². The summed E-state index contributed by atoms with van der Waals surface area (Å²) < 4.78 is 9.46. The molecule has 0 aliphatic rings. The highest BCUT2D eigenvalue weighted by Gasteiger charge is 2.07. The summed E-state index contributed by atoms with van der Waals surface area (Å²) in [6, 6.07) is 1.70. The molecule has 0 spiro atoms. The molecule has 0 bridgehead atoms. The number of hydrogen-bond acceptors (Lipinski definition) is 5. The molecule has 5 heteroatoms. The third kappa shape index (κ3) is 2.69. The Balaban J connectivity index is 2.86. The molecule has 0 aliphatic heterocycles. The van der Waals surface area contributed by atoms with Gasteiger partial charge in [0.25, 0.3) is 0 Å². The molecule has 76 valence electrons. The summed E-state index contributed by atoms with van der Waals surface area (Å²) in [6.07, 6.45) is 0.0640. The number of carbonyl (C=O) groups excluding carboxylic acids is 1. The van der Waals surface area contributed by atoms with E-state index in [2.05, 4.69) is 14.7 Å². The summed E-state index contributed by atoms with van der Waals surface area (Å²) in [6.45, 7) is 1.81. The van der Waals surface area contributed by atoms with E-state index in [0.29, 0.717) is 11.7 Å². The first-order chi connectivity index (χ1) is 6.65. The molecule has 1 rings (SSSR count). The fraction of sp³-hybridized carbons (Fsp3) is 0.444. The summed E-state index contributed by atoms with van der Waals surface area (Å²) in [4.78, 5) is 19.0. The Morgan fingerprint density at radius 2 is 2.14 bits per heavy atom. The van der Waals surface area contributed by atoms with Gasteiger partial charge in [-0.25, -0.2) is 4.98 Å². The van der Waals surface area contributed by atoms with Gasteiger partial charge in [0, 0.05) is 11.8 Å². The van der Waals surface area contributed by atoms with Crippen molar-refractivity contribution in [2.24, 2.45) is 0 Å². The maximum Gasteiger partial charge on any atom is 0.313 e. The molecule has 0 N–H and O–H groups in total. The smallest absolute Gasteiger partial charge is 0.313 e.